The van der Waals surface area contributed by atoms with Gasteiger partial charge in [-0.25, -0.2) is 4.39 Å². The number of likely N-dealkylation sites (N-methyl/N-ethyl adjacent to an activating group) is 1. The highest BCUT2D eigenvalue weighted by atomic mass is 19.1. The Balaban J connectivity index is 1.82. The summed E-state index contributed by atoms with van der Waals surface area (Å²) in [5.74, 6) is 0.427. The van der Waals surface area contributed by atoms with Gasteiger partial charge in [-0.15, -0.1) is 0 Å². The minimum absolute atomic E-state index is 0.0311. The molecule has 1 amide bonds. The van der Waals surface area contributed by atoms with E-state index >= 15 is 0 Å². The Morgan fingerprint density at radius 1 is 1.59 bits per heavy atom. The van der Waals surface area contributed by atoms with Crippen LogP contribution in [0, 0.1) is 5.82 Å². The van der Waals surface area contributed by atoms with Crippen LogP contribution in [0.5, 0.6) is 5.75 Å². The third kappa shape index (κ3) is 2.94. The number of hydrogen-bond donors (Lipinski definition) is 2. The summed E-state index contributed by atoms with van der Waals surface area (Å²) in [7, 11) is 1.59. The highest BCUT2D eigenvalue weighted by molar-refractivity contribution is 5.77. The van der Waals surface area contributed by atoms with Crippen LogP contribution in [0.2, 0.25) is 0 Å². The van der Waals surface area contributed by atoms with Gasteiger partial charge in [0.15, 0.2) is 0 Å². The zero-order valence-corrected chi connectivity index (χ0v) is 9.63. The second kappa shape index (κ2) is 5.14. The van der Waals surface area contributed by atoms with Gasteiger partial charge >= 0.3 is 0 Å². The van der Waals surface area contributed by atoms with E-state index in [-0.39, 0.29) is 24.4 Å². The van der Waals surface area contributed by atoms with E-state index in [1.807, 2.05) is 0 Å². The van der Waals surface area contributed by atoms with Gasteiger partial charge in [-0.2, -0.15) is 0 Å². The smallest absolute Gasteiger partial charge is 0.233 e. The van der Waals surface area contributed by atoms with Crippen LogP contribution in [0.1, 0.15) is 5.56 Å². The molecule has 1 unspecified atom stereocenters. The summed E-state index contributed by atoms with van der Waals surface area (Å²) in [5.41, 5.74) is 0.886. The zero-order chi connectivity index (χ0) is 12.3. The van der Waals surface area contributed by atoms with E-state index in [0.717, 1.165) is 11.3 Å². The number of halogens is 1. The summed E-state index contributed by atoms with van der Waals surface area (Å²) < 4.78 is 18.6. The lowest BCUT2D eigenvalue weighted by Crippen LogP contribution is -2.37. The van der Waals surface area contributed by atoms with Gasteiger partial charge in [-0.05, 0) is 18.2 Å². The summed E-state index contributed by atoms with van der Waals surface area (Å²) in [5, 5.41) is 5.52. The van der Waals surface area contributed by atoms with Crippen molar-refractivity contribution < 1.29 is 13.9 Å². The van der Waals surface area contributed by atoms with E-state index in [1.54, 1.807) is 13.1 Å². The molecule has 17 heavy (non-hydrogen) atoms. The fraction of sp³-hybridized carbons (Fsp3) is 0.417. The van der Waals surface area contributed by atoms with Crippen LogP contribution in [0.15, 0.2) is 18.2 Å². The fourth-order valence-electron chi connectivity index (χ4n) is 1.84. The zero-order valence-electron chi connectivity index (χ0n) is 9.63. The molecule has 1 atom stereocenters. The van der Waals surface area contributed by atoms with Crippen LogP contribution in [0.25, 0.3) is 0 Å². The Morgan fingerprint density at radius 2 is 2.41 bits per heavy atom. The summed E-state index contributed by atoms with van der Waals surface area (Å²) in [4.78, 5) is 11.0. The van der Waals surface area contributed by atoms with Crippen molar-refractivity contribution in [2.24, 2.45) is 0 Å². The minimum atomic E-state index is -0.244. The van der Waals surface area contributed by atoms with E-state index in [2.05, 4.69) is 10.6 Å². The third-order valence-corrected chi connectivity index (χ3v) is 2.70. The lowest BCUT2D eigenvalue weighted by atomic mass is 10.1. The molecule has 0 radical (unpaired) electrons. The molecule has 0 bridgehead atoms. The summed E-state index contributed by atoms with van der Waals surface area (Å²) in [6.07, 6.45) is 0.643. The van der Waals surface area contributed by atoms with Gasteiger partial charge in [-0.1, -0.05) is 0 Å². The topological polar surface area (TPSA) is 50.4 Å². The number of carbonyl (C=O) groups excluding carboxylic acids is 1. The van der Waals surface area contributed by atoms with Gasteiger partial charge in [0.1, 0.15) is 17.7 Å². The standard InChI is InChI=1S/C12H15FN2O2/c1-14-12(16)7-15-6-10-5-8-4-9(13)2-3-11(8)17-10/h2-4,10,15H,5-7H2,1H3,(H,14,16). The molecule has 0 aliphatic carbocycles. The first-order chi connectivity index (χ1) is 8.19. The normalized spacial score (nSPS) is 17.4. The van der Waals surface area contributed by atoms with Crippen LogP contribution in [0.3, 0.4) is 0 Å². The average molecular weight is 238 g/mol. The predicted octanol–water partition coefficient (Wildman–Crippen LogP) is 0.465. The van der Waals surface area contributed by atoms with Crippen LogP contribution >= 0.6 is 0 Å². The van der Waals surface area contributed by atoms with Crippen molar-refractivity contribution in [3.8, 4) is 5.75 Å². The van der Waals surface area contributed by atoms with E-state index in [4.69, 9.17) is 4.74 Å². The molecule has 5 heteroatoms. The summed E-state index contributed by atoms with van der Waals surface area (Å²) in [6, 6.07) is 4.52. The van der Waals surface area contributed by atoms with Crippen LogP contribution in [-0.2, 0) is 11.2 Å². The van der Waals surface area contributed by atoms with Gasteiger partial charge < -0.3 is 15.4 Å². The number of benzene rings is 1. The molecule has 4 nitrogen and oxygen atoms in total. The number of rotatable bonds is 4. The maximum Gasteiger partial charge on any atom is 0.233 e. The first-order valence-electron chi connectivity index (χ1n) is 5.55. The molecule has 1 aromatic rings. The Labute approximate surface area is 99.2 Å². The van der Waals surface area contributed by atoms with Crippen molar-refractivity contribution in [3.63, 3.8) is 0 Å². The molecule has 1 heterocycles. The molecular weight excluding hydrogens is 223 g/mol. The highest BCUT2D eigenvalue weighted by Gasteiger charge is 2.22. The van der Waals surface area contributed by atoms with Gasteiger partial charge in [0.25, 0.3) is 0 Å². The van der Waals surface area contributed by atoms with E-state index < -0.39 is 0 Å². The molecule has 1 aliphatic rings. The molecule has 0 spiro atoms. The van der Waals surface area contributed by atoms with Crippen molar-refractivity contribution in [1.29, 1.82) is 0 Å². The van der Waals surface area contributed by atoms with Crippen molar-refractivity contribution in [2.75, 3.05) is 20.1 Å². The van der Waals surface area contributed by atoms with Crippen LogP contribution in [-0.4, -0.2) is 32.1 Å². The highest BCUT2D eigenvalue weighted by Crippen LogP contribution is 2.28. The third-order valence-electron chi connectivity index (χ3n) is 2.70. The number of fused-ring (bicyclic) bond motifs is 1. The Bertz CT molecular complexity index is 423. The van der Waals surface area contributed by atoms with Gasteiger partial charge in [0.05, 0.1) is 6.54 Å². The molecule has 0 aromatic heterocycles. The number of hydrogen-bond acceptors (Lipinski definition) is 3. The molecule has 92 valence electrons. The SMILES string of the molecule is CNC(=O)CNCC1Cc2cc(F)ccc2O1. The molecule has 2 N–H and O–H groups in total. The number of ether oxygens (including phenoxy) is 1. The maximum absolute atomic E-state index is 13.0. The van der Waals surface area contributed by atoms with Gasteiger partial charge in [0.2, 0.25) is 5.91 Å². The molecular formula is C12H15FN2O2. The van der Waals surface area contributed by atoms with E-state index in [1.165, 1.54) is 12.1 Å². The summed E-state index contributed by atoms with van der Waals surface area (Å²) >= 11 is 0. The fourth-order valence-corrected chi connectivity index (χ4v) is 1.84. The van der Waals surface area contributed by atoms with E-state index in [0.29, 0.717) is 13.0 Å². The second-order valence-electron chi connectivity index (χ2n) is 4.00. The van der Waals surface area contributed by atoms with Gasteiger partial charge in [-0.3, -0.25) is 4.79 Å². The summed E-state index contributed by atoms with van der Waals surface area (Å²) in [6.45, 7) is 0.838. The van der Waals surface area contributed by atoms with E-state index in [9.17, 15) is 9.18 Å². The quantitative estimate of drug-likeness (QED) is 0.801. The number of amides is 1. The number of nitrogens with one attached hydrogen (secondary N) is 2. The van der Waals surface area contributed by atoms with Crippen molar-refractivity contribution in [2.45, 2.75) is 12.5 Å². The molecule has 0 saturated carbocycles. The van der Waals surface area contributed by atoms with Crippen molar-refractivity contribution in [1.82, 2.24) is 10.6 Å². The lowest BCUT2D eigenvalue weighted by molar-refractivity contribution is -0.119. The maximum atomic E-state index is 13.0. The van der Waals surface area contributed by atoms with Crippen LogP contribution < -0.4 is 15.4 Å². The number of carbonyl (C=O) groups is 1. The monoisotopic (exact) mass is 238 g/mol. The van der Waals surface area contributed by atoms with Gasteiger partial charge in [0, 0.05) is 25.6 Å². The molecule has 1 aliphatic heterocycles. The Morgan fingerprint density at radius 3 is 3.18 bits per heavy atom. The average Bonchev–Trinajstić information content (AvgIpc) is 2.70. The van der Waals surface area contributed by atoms with Crippen molar-refractivity contribution in [3.05, 3.63) is 29.6 Å². The predicted molar refractivity (Wildman–Crippen MR) is 61.5 cm³/mol. The Kier molecular flexibility index (Phi) is 3.58. The lowest BCUT2D eigenvalue weighted by Gasteiger charge is -2.11. The van der Waals surface area contributed by atoms with Crippen molar-refractivity contribution >= 4 is 5.91 Å². The molecule has 0 saturated heterocycles. The largest absolute Gasteiger partial charge is 0.488 e. The minimum Gasteiger partial charge on any atom is -0.488 e. The molecule has 0 fully saturated rings. The first-order valence-corrected chi connectivity index (χ1v) is 5.55. The molecule has 2 rings (SSSR count). The first kappa shape index (κ1) is 11.9. The molecule has 1 aromatic carbocycles. The van der Waals surface area contributed by atoms with Crippen LogP contribution in [0.4, 0.5) is 4.39 Å². The Hall–Kier alpha value is -1.62. The second-order valence-corrected chi connectivity index (χ2v) is 4.00.